The van der Waals surface area contributed by atoms with E-state index >= 15 is 0 Å². The van der Waals surface area contributed by atoms with Crippen LogP contribution in [-0.4, -0.2) is 52.0 Å². The second-order valence-corrected chi connectivity index (χ2v) is 7.17. The zero-order valence-corrected chi connectivity index (χ0v) is 15.7. The minimum Gasteiger partial charge on any atom is -0.454 e. The van der Waals surface area contributed by atoms with Crippen molar-refractivity contribution in [3.05, 3.63) is 34.0 Å². The highest BCUT2D eigenvalue weighted by Crippen LogP contribution is 2.31. The van der Waals surface area contributed by atoms with Crippen LogP contribution in [0, 0.1) is 13.8 Å². The first-order chi connectivity index (χ1) is 12.3. The van der Waals surface area contributed by atoms with Crippen molar-refractivity contribution in [2.24, 2.45) is 0 Å². The molecule has 0 aromatic carbocycles. The molecule has 0 saturated carbocycles. The zero-order chi connectivity index (χ0) is 19.0. The summed E-state index contributed by atoms with van der Waals surface area (Å²) in [6.07, 6.45) is 1.32. The van der Waals surface area contributed by atoms with Crippen molar-refractivity contribution in [3.8, 4) is 0 Å². The summed E-state index contributed by atoms with van der Waals surface area (Å²) in [5.41, 5.74) is 2.14. The van der Waals surface area contributed by atoms with Crippen LogP contribution < -0.4 is 5.56 Å². The second kappa shape index (κ2) is 6.83. The SMILES string of the molecule is Cc1cc(C)c2c(n1)sc1c(=O)n(CC(=O)OCC(=O)N(C)C)cnc12. The van der Waals surface area contributed by atoms with Gasteiger partial charge in [-0.1, -0.05) is 0 Å². The lowest BCUT2D eigenvalue weighted by Crippen LogP contribution is -2.30. The predicted molar refractivity (Wildman–Crippen MR) is 98.3 cm³/mol. The minimum absolute atomic E-state index is 0.303. The first kappa shape index (κ1) is 18.0. The summed E-state index contributed by atoms with van der Waals surface area (Å²) in [7, 11) is 3.13. The van der Waals surface area contributed by atoms with Crippen LogP contribution in [0.5, 0.6) is 0 Å². The topological polar surface area (TPSA) is 94.4 Å². The number of fused-ring (bicyclic) bond motifs is 3. The van der Waals surface area contributed by atoms with Crippen LogP contribution in [0.4, 0.5) is 0 Å². The van der Waals surface area contributed by atoms with Crippen molar-refractivity contribution in [2.75, 3.05) is 20.7 Å². The summed E-state index contributed by atoms with van der Waals surface area (Å²) >= 11 is 1.26. The van der Waals surface area contributed by atoms with E-state index in [-0.39, 0.29) is 24.6 Å². The van der Waals surface area contributed by atoms with Gasteiger partial charge in [0.05, 0.1) is 11.8 Å². The molecule has 3 aromatic rings. The fraction of sp³-hybridized carbons (Fsp3) is 0.353. The number of carbonyl (C=O) groups is 2. The van der Waals surface area contributed by atoms with Gasteiger partial charge >= 0.3 is 5.97 Å². The average Bonchev–Trinajstić information content (AvgIpc) is 2.94. The number of amides is 1. The highest BCUT2D eigenvalue weighted by molar-refractivity contribution is 7.25. The molecule has 0 atom stereocenters. The molecule has 3 heterocycles. The maximum absolute atomic E-state index is 12.7. The number of pyridine rings is 1. The summed E-state index contributed by atoms with van der Waals surface area (Å²) in [5.74, 6) is -1.00. The van der Waals surface area contributed by atoms with Gasteiger partial charge in [0, 0.05) is 25.2 Å². The molecule has 136 valence electrons. The fourth-order valence-corrected chi connectivity index (χ4v) is 3.77. The van der Waals surface area contributed by atoms with Gasteiger partial charge < -0.3 is 9.64 Å². The van der Waals surface area contributed by atoms with E-state index in [1.165, 1.54) is 27.1 Å². The van der Waals surface area contributed by atoms with Crippen LogP contribution in [-0.2, 0) is 20.9 Å². The Hall–Kier alpha value is -2.81. The standard InChI is InChI=1S/C17H18N4O4S/c1-9-5-10(2)19-16-13(9)14-15(26-16)17(24)21(8-18-14)6-12(23)25-7-11(22)20(3)4/h5,8H,6-7H2,1-4H3. The number of nitrogens with zero attached hydrogens (tertiary/aromatic N) is 4. The van der Waals surface area contributed by atoms with E-state index in [4.69, 9.17) is 4.74 Å². The second-order valence-electron chi connectivity index (χ2n) is 6.17. The molecule has 0 aliphatic rings. The van der Waals surface area contributed by atoms with Crippen molar-refractivity contribution in [1.82, 2.24) is 19.4 Å². The molecule has 0 aliphatic carbocycles. The number of carbonyl (C=O) groups excluding carboxylic acids is 2. The molecule has 3 rings (SSSR count). The van der Waals surface area contributed by atoms with Crippen LogP contribution in [0.3, 0.4) is 0 Å². The Bertz CT molecular complexity index is 1080. The summed E-state index contributed by atoms with van der Waals surface area (Å²) in [6, 6.07) is 1.95. The molecule has 1 amide bonds. The highest BCUT2D eigenvalue weighted by atomic mass is 32.1. The van der Waals surface area contributed by atoms with Gasteiger partial charge in [0.25, 0.3) is 11.5 Å². The first-order valence-electron chi connectivity index (χ1n) is 7.89. The first-order valence-corrected chi connectivity index (χ1v) is 8.71. The van der Waals surface area contributed by atoms with Gasteiger partial charge in [-0.25, -0.2) is 9.97 Å². The number of thiophene rings is 1. The van der Waals surface area contributed by atoms with Gasteiger partial charge in [-0.2, -0.15) is 0 Å². The quantitative estimate of drug-likeness (QED) is 0.638. The summed E-state index contributed by atoms with van der Waals surface area (Å²) in [5, 5.41) is 0.860. The third-order valence-corrected chi connectivity index (χ3v) is 4.96. The molecule has 0 aliphatic heterocycles. The van der Waals surface area contributed by atoms with Crippen molar-refractivity contribution in [3.63, 3.8) is 0 Å². The fourth-order valence-electron chi connectivity index (χ4n) is 2.57. The molecule has 3 aromatic heterocycles. The molecular formula is C17H18N4O4S. The van der Waals surface area contributed by atoms with E-state index in [9.17, 15) is 14.4 Å². The van der Waals surface area contributed by atoms with E-state index in [0.717, 1.165) is 21.5 Å². The van der Waals surface area contributed by atoms with Gasteiger partial charge in [0.15, 0.2) is 6.61 Å². The molecule has 0 saturated heterocycles. The van der Waals surface area contributed by atoms with Gasteiger partial charge in [-0.3, -0.25) is 19.0 Å². The number of esters is 1. The highest BCUT2D eigenvalue weighted by Gasteiger charge is 2.17. The lowest BCUT2D eigenvalue weighted by Gasteiger charge is -2.10. The van der Waals surface area contributed by atoms with Gasteiger partial charge in [0.2, 0.25) is 0 Å². The average molecular weight is 374 g/mol. The van der Waals surface area contributed by atoms with Crippen LogP contribution in [0.15, 0.2) is 17.2 Å². The Labute approximate surface area is 153 Å². The number of ether oxygens (including phenoxy) is 1. The third kappa shape index (κ3) is 3.30. The Morgan fingerprint density at radius 2 is 2.04 bits per heavy atom. The van der Waals surface area contributed by atoms with Gasteiger partial charge in [-0.15, -0.1) is 11.3 Å². The van der Waals surface area contributed by atoms with Crippen LogP contribution in [0.2, 0.25) is 0 Å². The molecule has 8 nitrogen and oxygen atoms in total. The third-order valence-electron chi connectivity index (χ3n) is 3.90. The van der Waals surface area contributed by atoms with E-state index in [0.29, 0.717) is 10.2 Å². The van der Waals surface area contributed by atoms with Crippen molar-refractivity contribution in [1.29, 1.82) is 0 Å². The largest absolute Gasteiger partial charge is 0.454 e. The summed E-state index contributed by atoms with van der Waals surface area (Å²) in [6.45, 7) is 3.19. The Morgan fingerprint density at radius 3 is 2.73 bits per heavy atom. The molecule has 0 N–H and O–H groups in total. The summed E-state index contributed by atoms with van der Waals surface area (Å²) in [4.78, 5) is 47.0. The van der Waals surface area contributed by atoms with Gasteiger partial charge in [0.1, 0.15) is 16.1 Å². The Kier molecular flexibility index (Phi) is 4.73. The summed E-state index contributed by atoms with van der Waals surface area (Å²) < 4.78 is 6.53. The van der Waals surface area contributed by atoms with Crippen LogP contribution in [0.1, 0.15) is 11.3 Å². The number of rotatable bonds is 4. The minimum atomic E-state index is -0.672. The molecule has 0 unspecified atom stereocenters. The normalized spacial score (nSPS) is 11.1. The molecule has 0 radical (unpaired) electrons. The predicted octanol–water partition coefficient (Wildman–Crippen LogP) is 1.25. The van der Waals surface area contributed by atoms with Crippen LogP contribution >= 0.6 is 11.3 Å². The molecule has 0 bridgehead atoms. The zero-order valence-electron chi connectivity index (χ0n) is 14.9. The molecule has 9 heteroatoms. The lowest BCUT2D eigenvalue weighted by molar-refractivity contribution is -0.151. The van der Waals surface area contributed by atoms with Crippen molar-refractivity contribution >= 4 is 43.6 Å². The molecule has 26 heavy (non-hydrogen) atoms. The van der Waals surface area contributed by atoms with Gasteiger partial charge in [-0.05, 0) is 25.5 Å². The van der Waals surface area contributed by atoms with Crippen molar-refractivity contribution in [2.45, 2.75) is 20.4 Å². The Morgan fingerprint density at radius 1 is 1.31 bits per heavy atom. The number of aromatic nitrogens is 3. The molecular weight excluding hydrogens is 356 g/mol. The van der Waals surface area contributed by atoms with E-state index in [2.05, 4.69) is 9.97 Å². The smallest absolute Gasteiger partial charge is 0.326 e. The number of hydrogen-bond donors (Lipinski definition) is 0. The maximum Gasteiger partial charge on any atom is 0.326 e. The molecule has 0 spiro atoms. The van der Waals surface area contributed by atoms with Crippen molar-refractivity contribution < 1.29 is 14.3 Å². The Balaban J connectivity index is 1.91. The monoisotopic (exact) mass is 374 g/mol. The maximum atomic E-state index is 12.7. The lowest BCUT2D eigenvalue weighted by atomic mass is 10.1. The van der Waals surface area contributed by atoms with E-state index in [1.807, 2.05) is 19.9 Å². The van der Waals surface area contributed by atoms with Crippen LogP contribution in [0.25, 0.3) is 20.4 Å². The molecule has 0 fully saturated rings. The number of likely N-dealkylation sites (N-methyl/N-ethyl adjacent to an activating group) is 1. The van der Waals surface area contributed by atoms with E-state index in [1.54, 1.807) is 14.1 Å². The van der Waals surface area contributed by atoms with E-state index < -0.39 is 5.97 Å². The number of hydrogen-bond acceptors (Lipinski definition) is 7. The number of aryl methyl sites for hydroxylation is 2.